The van der Waals surface area contributed by atoms with Gasteiger partial charge in [-0.05, 0) is 36.8 Å². The fourth-order valence-electron chi connectivity index (χ4n) is 2.60. The Labute approximate surface area is 164 Å². The van der Waals surface area contributed by atoms with Crippen LogP contribution in [-0.4, -0.2) is 39.2 Å². The number of aryl methyl sites for hydroxylation is 1. The number of hydrogen-bond acceptors (Lipinski definition) is 5. The Morgan fingerprint density at radius 3 is 2.07 bits per heavy atom. The van der Waals surface area contributed by atoms with Crippen molar-refractivity contribution in [2.24, 2.45) is 0 Å². The van der Waals surface area contributed by atoms with Gasteiger partial charge in [-0.3, -0.25) is 0 Å². The van der Waals surface area contributed by atoms with Gasteiger partial charge in [-0.15, -0.1) is 0 Å². The van der Waals surface area contributed by atoms with Crippen molar-refractivity contribution >= 4 is 20.1 Å². The second-order valence-corrected chi connectivity index (χ2v) is 9.84. The maximum absolute atomic E-state index is 14.7. The van der Waals surface area contributed by atoms with Gasteiger partial charge in [0.25, 0.3) is 0 Å². The normalized spacial score (nSPS) is 20.9. The van der Waals surface area contributed by atoms with Crippen molar-refractivity contribution in [3.63, 3.8) is 0 Å². The lowest BCUT2D eigenvalue weighted by molar-refractivity contribution is -0.0500. The third kappa shape index (κ3) is 4.38. The lowest BCUT2D eigenvalue weighted by Gasteiger charge is -2.12. The molecule has 1 fully saturated rings. The second kappa shape index (κ2) is 7.26. The maximum Gasteiger partial charge on any atom is 0.534 e. The standard InChI is InChI=1S/C17H15F4NO5S2/c1-11-2-8-14(9-3-11)28(23,24)22-10-15(22)16(18)12-4-6-13(7-5-12)27-29(25,26)17(19,20)21/h2-9,15-16H,10H2,1H3/t15-,16-,22?/m0/s1. The molecular weight excluding hydrogens is 438 g/mol. The summed E-state index contributed by atoms with van der Waals surface area (Å²) in [6.07, 6.45) is -1.75. The van der Waals surface area contributed by atoms with Crippen LogP contribution < -0.4 is 4.18 Å². The molecule has 3 rings (SSSR count). The highest BCUT2D eigenvalue weighted by atomic mass is 32.2. The molecule has 0 aliphatic carbocycles. The number of nitrogens with zero attached hydrogens (tertiary/aromatic N) is 1. The van der Waals surface area contributed by atoms with Crippen molar-refractivity contribution in [2.45, 2.75) is 29.5 Å². The van der Waals surface area contributed by atoms with E-state index >= 15 is 0 Å². The molecule has 12 heteroatoms. The summed E-state index contributed by atoms with van der Waals surface area (Å²) in [5.74, 6) is -0.641. The number of halogens is 4. The molecule has 1 heterocycles. The summed E-state index contributed by atoms with van der Waals surface area (Å²) in [7, 11) is -9.70. The molecule has 29 heavy (non-hydrogen) atoms. The lowest BCUT2D eigenvalue weighted by atomic mass is 10.1. The third-order valence-corrected chi connectivity index (χ3v) is 7.14. The highest BCUT2D eigenvalue weighted by molar-refractivity contribution is 7.89. The molecule has 2 aromatic rings. The van der Waals surface area contributed by atoms with Crippen LogP contribution in [-0.2, 0) is 20.1 Å². The minimum atomic E-state index is -5.83. The predicted molar refractivity (Wildman–Crippen MR) is 94.8 cm³/mol. The van der Waals surface area contributed by atoms with E-state index in [1.54, 1.807) is 19.1 Å². The van der Waals surface area contributed by atoms with Gasteiger partial charge in [0.2, 0.25) is 10.0 Å². The maximum atomic E-state index is 14.7. The molecule has 1 unspecified atom stereocenters. The van der Waals surface area contributed by atoms with Crippen molar-refractivity contribution in [3.8, 4) is 5.75 Å². The zero-order valence-electron chi connectivity index (χ0n) is 14.8. The average molecular weight is 453 g/mol. The number of hydrogen-bond donors (Lipinski definition) is 0. The van der Waals surface area contributed by atoms with E-state index in [-0.39, 0.29) is 17.0 Å². The van der Waals surface area contributed by atoms with Gasteiger partial charge < -0.3 is 4.18 Å². The van der Waals surface area contributed by atoms with Gasteiger partial charge in [0.15, 0.2) is 0 Å². The molecule has 0 radical (unpaired) electrons. The molecule has 0 bridgehead atoms. The summed E-state index contributed by atoms with van der Waals surface area (Å²) in [5.41, 5.74) is -4.74. The summed E-state index contributed by atoms with van der Waals surface area (Å²) < 4.78 is 104. The van der Waals surface area contributed by atoms with Crippen LogP contribution in [0.1, 0.15) is 17.3 Å². The van der Waals surface area contributed by atoms with Gasteiger partial charge >= 0.3 is 15.6 Å². The summed E-state index contributed by atoms with van der Waals surface area (Å²) in [5, 5.41) is 0. The topological polar surface area (TPSA) is 80.5 Å². The predicted octanol–water partition coefficient (Wildman–Crippen LogP) is 3.31. The first-order valence-corrected chi connectivity index (χ1v) is 11.0. The molecule has 0 N–H and O–H groups in total. The molecule has 0 spiro atoms. The Hall–Kier alpha value is -2.18. The summed E-state index contributed by atoms with van der Waals surface area (Å²) in [4.78, 5) is 0.0268. The Balaban J connectivity index is 1.71. The molecule has 2 aromatic carbocycles. The van der Waals surface area contributed by atoms with E-state index < -0.39 is 43.6 Å². The highest BCUT2D eigenvalue weighted by Gasteiger charge is 2.50. The molecule has 158 valence electrons. The average Bonchev–Trinajstić information content (AvgIpc) is 3.42. The van der Waals surface area contributed by atoms with Crippen LogP contribution in [0, 0.1) is 6.92 Å². The minimum absolute atomic E-state index is 0.0200. The molecule has 1 aliphatic heterocycles. The summed E-state index contributed by atoms with van der Waals surface area (Å²) in [6, 6.07) is 8.92. The monoisotopic (exact) mass is 453 g/mol. The van der Waals surface area contributed by atoms with Crippen LogP contribution in [0.5, 0.6) is 5.75 Å². The molecular formula is C17H15F4NO5S2. The first kappa shape index (κ1) is 21.5. The Morgan fingerprint density at radius 2 is 1.55 bits per heavy atom. The van der Waals surface area contributed by atoms with Gasteiger partial charge in [-0.1, -0.05) is 29.8 Å². The van der Waals surface area contributed by atoms with Crippen LogP contribution in [0.3, 0.4) is 0 Å². The molecule has 0 saturated carbocycles. The van der Waals surface area contributed by atoms with Crippen molar-refractivity contribution in [1.29, 1.82) is 0 Å². The molecule has 3 atom stereocenters. The van der Waals surface area contributed by atoms with Crippen molar-refractivity contribution in [3.05, 3.63) is 59.7 Å². The minimum Gasteiger partial charge on any atom is -0.376 e. The smallest absolute Gasteiger partial charge is 0.376 e. The van der Waals surface area contributed by atoms with E-state index in [2.05, 4.69) is 4.18 Å². The second-order valence-electron chi connectivity index (χ2n) is 6.41. The zero-order valence-corrected chi connectivity index (χ0v) is 16.4. The van der Waals surface area contributed by atoms with Crippen LogP contribution in [0.25, 0.3) is 0 Å². The summed E-state index contributed by atoms with van der Waals surface area (Å²) in [6.45, 7) is 1.74. The van der Waals surface area contributed by atoms with Gasteiger partial charge in [0.05, 0.1) is 10.9 Å². The first-order chi connectivity index (χ1) is 13.3. The SMILES string of the molecule is Cc1ccc(S(=O)(=O)N2C[C@H]2[C@@H](F)c2ccc(OS(=O)(=O)C(F)(F)F)cc2)cc1. The van der Waals surface area contributed by atoms with Crippen LogP contribution in [0.2, 0.25) is 0 Å². The van der Waals surface area contributed by atoms with Crippen molar-refractivity contribution in [1.82, 2.24) is 4.31 Å². The van der Waals surface area contributed by atoms with Crippen molar-refractivity contribution in [2.75, 3.05) is 6.54 Å². The lowest BCUT2D eigenvalue weighted by Crippen LogP contribution is -2.28. The molecule has 0 aromatic heterocycles. The van der Waals surface area contributed by atoms with Crippen LogP contribution >= 0.6 is 0 Å². The molecule has 6 nitrogen and oxygen atoms in total. The molecule has 1 aliphatic rings. The van der Waals surface area contributed by atoms with E-state index in [1.165, 1.54) is 12.1 Å². The number of sulfonamides is 1. The van der Waals surface area contributed by atoms with E-state index in [4.69, 9.17) is 0 Å². The number of rotatable bonds is 6. The Morgan fingerprint density at radius 1 is 1.00 bits per heavy atom. The zero-order chi connectivity index (χ0) is 21.6. The number of benzene rings is 2. The van der Waals surface area contributed by atoms with E-state index in [1.807, 2.05) is 0 Å². The summed E-state index contributed by atoms with van der Waals surface area (Å²) >= 11 is 0. The molecule has 1 saturated heterocycles. The van der Waals surface area contributed by atoms with Crippen LogP contribution in [0.15, 0.2) is 53.4 Å². The Kier molecular flexibility index (Phi) is 5.39. The van der Waals surface area contributed by atoms with Gasteiger partial charge in [0.1, 0.15) is 11.9 Å². The van der Waals surface area contributed by atoms with E-state index in [9.17, 15) is 34.4 Å². The largest absolute Gasteiger partial charge is 0.534 e. The quantitative estimate of drug-likeness (QED) is 0.290. The number of alkyl halides is 4. The fourth-order valence-corrected chi connectivity index (χ4v) is 4.62. The first-order valence-electron chi connectivity index (χ1n) is 8.16. The van der Waals surface area contributed by atoms with Crippen LogP contribution in [0.4, 0.5) is 17.6 Å². The van der Waals surface area contributed by atoms with E-state index in [0.29, 0.717) is 0 Å². The van der Waals surface area contributed by atoms with Gasteiger partial charge in [0, 0.05) is 6.54 Å². The van der Waals surface area contributed by atoms with Gasteiger partial charge in [-0.25, -0.2) is 12.8 Å². The van der Waals surface area contributed by atoms with Crippen molar-refractivity contribution < 1.29 is 38.6 Å². The highest BCUT2D eigenvalue weighted by Crippen LogP contribution is 2.39. The third-order valence-electron chi connectivity index (χ3n) is 4.26. The van der Waals surface area contributed by atoms with Gasteiger partial charge in [-0.2, -0.15) is 25.9 Å². The fraction of sp³-hybridized carbons (Fsp3) is 0.294. The van der Waals surface area contributed by atoms with E-state index in [0.717, 1.165) is 34.1 Å². The molecule has 0 amide bonds. The Bertz CT molecular complexity index is 1100.